The maximum Gasteiger partial charge on any atom is 0.284 e. The number of nitrogens with zero attached hydrogens (tertiary/aromatic N) is 1. The van der Waals surface area contributed by atoms with Crippen molar-refractivity contribution < 1.29 is 18.7 Å². The molecule has 2 aromatic carbocycles. The minimum Gasteiger partial charge on any atom is -0.485 e. The summed E-state index contributed by atoms with van der Waals surface area (Å²) in [5.74, 6) is 2.16. The SMILES string of the molecule is Cc1ccc(/C=N/NC(=O)C2COc3cc4ccccc4cc3O2)o1. The van der Waals surface area contributed by atoms with E-state index in [0.717, 1.165) is 16.5 Å². The van der Waals surface area contributed by atoms with Crippen molar-refractivity contribution in [2.45, 2.75) is 13.0 Å². The van der Waals surface area contributed by atoms with Crippen LogP contribution in [0, 0.1) is 6.92 Å². The van der Waals surface area contributed by atoms with Gasteiger partial charge in [-0.05, 0) is 42.0 Å². The summed E-state index contributed by atoms with van der Waals surface area (Å²) in [4.78, 5) is 12.2. The number of hydrogen-bond acceptors (Lipinski definition) is 5. The molecule has 0 aliphatic carbocycles. The van der Waals surface area contributed by atoms with Crippen LogP contribution < -0.4 is 14.9 Å². The summed E-state index contributed by atoms with van der Waals surface area (Å²) in [5, 5.41) is 5.97. The quantitative estimate of drug-likeness (QED) is 0.589. The van der Waals surface area contributed by atoms with Crippen LogP contribution in [0.15, 0.2) is 58.0 Å². The topological polar surface area (TPSA) is 73.1 Å². The van der Waals surface area contributed by atoms with Gasteiger partial charge in [0, 0.05) is 0 Å². The Hall–Kier alpha value is -3.28. The van der Waals surface area contributed by atoms with Crippen molar-refractivity contribution in [1.82, 2.24) is 5.43 Å². The van der Waals surface area contributed by atoms with Crippen LogP contribution >= 0.6 is 0 Å². The van der Waals surface area contributed by atoms with E-state index < -0.39 is 6.10 Å². The van der Waals surface area contributed by atoms with Gasteiger partial charge in [0.2, 0.25) is 6.10 Å². The van der Waals surface area contributed by atoms with Gasteiger partial charge in [0.1, 0.15) is 18.1 Å². The summed E-state index contributed by atoms with van der Waals surface area (Å²) in [6.07, 6.45) is 0.680. The summed E-state index contributed by atoms with van der Waals surface area (Å²) < 4.78 is 16.8. The first-order valence-electron chi connectivity index (χ1n) is 7.91. The van der Waals surface area contributed by atoms with Crippen molar-refractivity contribution in [3.63, 3.8) is 0 Å². The molecule has 1 aliphatic rings. The number of ether oxygens (including phenoxy) is 2. The number of furan rings is 1. The summed E-state index contributed by atoms with van der Waals surface area (Å²) in [6.45, 7) is 1.97. The Morgan fingerprint density at radius 2 is 1.92 bits per heavy atom. The largest absolute Gasteiger partial charge is 0.485 e. The summed E-state index contributed by atoms with van der Waals surface area (Å²) in [5.41, 5.74) is 2.44. The smallest absolute Gasteiger partial charge is 0.284 e. The van der Waals surface area contributed by atoms with Gasteiger partial charge in [-0.2, -0.15) is 5.10 Å². The number of fused-ring (bicyclic) bond motifs is 2. The Bertz CT molecular complexity index is 961. The van der Waals surface area contributed by atoms with Gasteiger partial charge in [-0.15, -0.1) is 0 Å². The number of amides is 1. The fourth-order valence-electron chi connectivity index (χ4n) is 2.64. The van der Waals surface area contributed by atoms with Gasteiger partial charge in [-0.3, -0.25) is 4.79 Å². The Morgan fingerprint density at radius 1 is 1.16 bits per heavy atom. The molecular weight excluding hydrogens is 320 g/mol. The first-order chi connectivity index (χ1) is 12.2. The highest BCUT2D eigenvalue weighted by molar-refractivity contribution is 5.87. The van der Waals surface area contributed by atoms with Crippen LogP contribution in [0.25, 0.3) is 10.8 Å². The van der Waals surface area contributed by atoms with Crippen LogP contribution in [0.2, 0.25) is 0 Å². The lowest BCUT2D eigenvalue weighted by molar-refractivity contribution is -0.130. The van der Waals surface area contributed by atoms with E-state index in [4.69, 9.17) is 13.9 Å². The average molecular weight is 336 g/mol. The first kappa shape index (κ1) is 15.3. The molecule has 0 saturated carbocycles. The van der Waals surface area contributed by atoms with Crippen LogP contribution in [-0.2, 0) is 4.79 Å². The lowest BCUT2D eigenvalue weighted by Crippen LogP contribution is -2.42. The number of nitrogens with one attached hydrogen (secondary N) is 1. The molecule has 3 aromatic rings. The van der Waals surface area contributed by atoms with Gasteiger partial charge < -0.3 is 13.9 Å². The number of hydrogen-bond donors (Lipinski definition) is 1. The molecule has 0 fully saturated rings. The van der Waals surface area contributed by atoms with Crippen molar-refractivity contribution in [3.05, 3.63) is 60.1 Å². The van der Waals surface area contributed by atoms with E-state index in [9.17, 15) is 4.79 Å². The molecule has 25 heavy (non-hydrogen) atoms. The third-order valence-electron chi connectivity index (χ3n) is 3.89. The van der Waals surface area contributed by atoms with Crippen LogP contribution in [0.4, 0.5) is 0 Å². The molecule has 0 bridgehead atoms. The van der Waals surface area contributed by atoms with Crippen molar-refractivity contribution in [2.24, 2.45) is 5.10 Å². The third-order valence-corrected chi connectivity index (χ3v) is 3.89. The zero-order chi connectivity index (χ0) is 17.2. The molecule has 0 spiro atoms. The number of benzene rings is 2. The van der Waals surface area contributed by atoms with Gasteiger partial charge in [-0.25, -0.2) is 5.43 Å². The number of aryl methyl sites for hydroxylation is 1. The van der Waals surface area contributed by atoms with E-state index in [1.807, 2.05) is 49.4 Å². The molecule has 4 rings (SSSR count). The third kappa shape index (κ3) is 3.19. The maximum atomic E-state index is 12.2. The average Bonchev–Trinajstić information content (AvgIpc) is 3.04. The van der Waals surface area contributed by atoms with Crippen molar-refractivity contribution in [3.8, 4) is 11.5 Å². The predicted molar refractivity (Wildman–Crippen MR) is 93.0 cm³/mol. The van der Waals surface area contributed by atoms with E-state index in [2.05, 4.69) is 10.5 Å². The van der Waals surface area contributed by atoms with Crippen LogP contribution in [0.1, 0.15) is 11.5 Å². The van der Waals surface area contributed by atoms with Gasteiger partial charge in [0.25, 0.3) is 5.91 Å². The molecule has 2 heterocycles. The van der Waals surface area contributed by atoms with Crippen molar-refractivity contribution in [1.29, 1.82) is 0 Å². The van der Waals surface area contributed by atoms with Crippen LogP contribution in [0.5, 0.6) is 11.5 Å². The predicted octanol–water partition coefficient (Wildman–Crippen LogP) is 3.03. The number of rotatable bonds is 3. The summed E-state index contributed by atoms with van der Waals surface area (Å²) >= 11 is 0. The second kappa shape index (κ2) is 6.32. The Labute approximate surface area is 144 Å². The fraction of sp³-hybridized carbons (Fsp3) is 0.158. The summed E-state index contributed by atoms with van der Waals surface area (Å²) in [7, 11) is 0. The monoisotopic (exact) mass is 336 g/mol. The molecule has 0 radical (unpaired) electrons. The van der Waals surface area contributed by atoms with Gasteiger partial charge >= 0.3 is 0 Å². The van der Waals surface area contributed by atoms with Gasteiger partial charge in [-0.1, -0.05) is 24.3 Å². The fourth-order valence-corrected chi connectivity index (χ4v) is 2.64. The van der Waals surface area contributed by atoms with E-state index in [1.165, 1.54) is 6.21 Å². The highest BCUT2D eigenvalue weighted by Gasteiger charge is 2.27. The molecule has 6 nitrogen and oxygen atoms in total. The zero-order valence-electron chi connectivity index (χ0n) is 13.6. The summed E-state index contributed by atoms with van der Waals surface area (Å²) in [6, 6.07) is 15.3. The maximum absolute atomic E-state index is 12.2. The molecule has 1 atom stereocenters. The molecule has 1 unspecified atom stereocenters. The minimum atomic E-state index is -0.760. The molecule has 1 aromatic heterocycles. The molecule has 1 N–H and O–H groups in total. The Balaban J connectivity index is 1.45. The molecule has 6 heteroatoms. The normalized spacial score (nSPS) is 16.3. The van der Waals surface area contributed by atoms with Gasteiger partial charge in [0.05, 0.1) is 6.21 Å². The highest BCUT2D eigenvalue weighted by Crippen LogP contribution is 2.35. The molecular formula is C19H16N2O4. The molecule has 126 valence electrons. The second-order valence-electron chi connectivity index (χ2n) is 5.75. The number of carbonyl (C=O) groups is 1. The minimum absolute atomic E-state index is 0.132. The lowest BCUT2D eigenvalue weighted by atomic mass is 10.1. The standard InChI is InChI=1S/C19H16N2O4/c1-12-6-7-15(24-12)10-20-21-19(22)18-11-23-16-8-13-4-2-3-5-14(13)9-17(16)25-18/h2-10,18H,11H2,1H3,(H,21,22)/b20-10+. The van der Waals surface area contributed by atoms with E-state index in [0.29, 0.717) is 17.3 Å². The lowest BCUT2D eigenvalue weighted by Gasteiger charge is -2.25. The van der Waals surface area contributed by atoms with E-state index in [-0.39, 0.29) is 12.5 Å². The number of hydrazone groups is 1. The zero-order valence-corrected chi connectivity index (χ0v) is 13.6. The molecule has 0 saturated heterocycles. The van der Waals surface area contributed by atoms with Crippen LogP contribution in [-0.4, -0.2) is 24.8 Å². The van der Waals surface area contributed by atoms with Crippen molar-refractivity contribution >= 4 is 22.9 Å². The second-order valence-corrected chi connectivity index (χ2v) is 5.75. The van der Waals surface area contributed by atoms with Crippen LogP contribution in [0.3, 0.4) is 0 Å². The highest BCUT2D eigenvalue weighted by atomic mass is 16.6. The Morgan fingerprint density at radius 3 is 2.64 bits per heavy atom. The first-order valence-corrected chi connectivity index (χ1v) is 7.91. The molecule has 1 amide bonds. The number of carbonyl (C=O) groups excluding carboxylic acids is 1. The van der Waals surface area contributed by atoms with E-state index >= 15 is 0 Å². The van der Waals surface area contributed by atoms with Gasteiger partial charge in [0.15, 0.2) is 11.5 Å². The van der Waals surface area contributed by atoms with Crippen molar-refractivity contribution in [2.75, 3.05) is 6.61 Å². The van der Waals surface area contributed by atoms with E-state index in [1.54, 1.807) is 6.07 Å². The Kier molecular flexibility index (Phi) is 3.85. The molecule has 1 aliphatic heterocycles.